The summed E-state index contributed by atoms with van der Waals surface area (Å²) in [6.45, 7) is 2.97. The number of carbonyl (C=O) groups is 1. The molecule has 0 saturated carbocycles. The second-order valence-corrected chi connectivity index (χ2v) is 4.29. The largest absolute Gasteiger partial charge is 0.461 e. The normalized spacial score (nSPS) is 10.8. The third kappa shape index (κ3) is 2.71. The van der Waals surface area contributed by atoms with Crippen molar-refractivity contribution in [1.29, 1.82) is 0 Å². The van der Waals surface area contributed by atoms with Crippen LogP contribution in [0.15, 0.2) is 24.3 Å². The highest BCUT2D eigenvalue weighted by molar-refractivity contribution is 5.84. The third-order valence-electron chi connectivity index (χ3n) is 2.98. The molecule has 1 aromatic carbocycles. The molecule has 0 aliphatic carbocycles. The van der Waals surface area contributed by atoms with E-state index < -0.39 is 0 Å². The molecule has 0 saturated heterocycles. The van der Waals surface area contributed by atoms with Gasteiger partial charge in [0.05, 0.1) is 6.42 Å². The molecule has 0 bridgehead atoms. The number of nitrogens with one attached hydrogen (secondary N) is 2. The Labute approximate surface area is 106 Å². The highest BCUT2D eigenvalue weighted by Gasteiger charge is 2.10. The summed E-state index contributed by atoms with van der Waals surface area (Å²) in [5, 5.41) is 4.05. The quantitative estimate of drug-likeness (QED) is 0.795. The van der Waals surface area contributed by atoms with Crippen molar-refractivity contribution in [2.24, 2.45) is 0 Å². The van der Waals surface area contributed by atoms with Crippen LogP contribution in [0.3, 0.4) is 0 Å². The van der Waals surface area contributed by atoms with E-state index in [-0.39, 0.29) is 5.97 Å². The lowest BCUT2D eigenvalue weighted by Crippen LogP contribution is -2.14. The Balaban J connectivity index is 2.07. The first-order chi connectivity index (χ1) is 8.72. The molecule has 0 atom stereocenters. The second kappa shape index (κ2) is 5.69. The highest BCUT2D eigenvalue weighted by Crippen LogP contribution is 2.22. The highest BCUT2D eigenvalue weighted by atomic mass is 16.5. The van der Waals surface area contributed by atoms with Crippen LogP contribution in [0.2, 0.25) is 0 Å². The standard InChI is InChI=1S/C14H18N2O2/c1-10-12(9-18-14(17)7-8-15-2)11-5-3-4-6-13(11)16-10/h3-6,15-16H,7-9H2,1-2H3. The Bertz CT molecular complexity index is 546. The molecule has 18 heavy (non-hydrogen) atoms. The van der Waals surface area contributed by atoms with Crippen LogP contribution in [0.4, 0.5) is 0 Å². The molecule has 0 radical (unpaired) electrons. The van der Waals surface area contributed by atoms with Crippen molar-refractivity contribution < 1.29 is 9.53 Å². The number of carbonyl (C=O) groups excluding carboxylic acids is 1. The molecule has 96 valence electrons. The van der Waals surface area contributed by atoms with Crippen LogP contribution in [0.5, 0.6) is 0 Å². The molecule has 1 aromatic heterocycles. The fourth-order valence-corrected chi connectivity index (χ4v) is 1.97. The minimum absolute atomic E-state index is 0.172. The number of ether oxygens (including phenoxy) is 1. The number of aryl methyl sites for hydroxylation is 1. The van der Waals surface area contributed by atoms with Gasteiger partial charge in [-0.1, -0.05) is 18.2 Å². The van der Waals surface area contributed by atoms with Gasteiger partial charge in [-0.25, -0.2) is 0 Å². The molecule has 0 fully saturated rings. The lowest BCUT2D eigenvalue weighted by molar-refractivity contribution is -0.144. The van der Waals surface area contributed by atoms with E-state index in [1.165, 1.54) is 0 Å². The average Bonchev–Trinajstić information content (AvgIpc) is 2.69. The fourth-order valence-electron chi connectivity index (χ4n) is 1.97. The lowest BCUT2D eigenvalue weighted by atomic mass is 10.1. The first kappa shape index (κ1) is 12.6. The van der Waals surface area contributed by atoms with E-state index in [1.807, 2.05) is 38.2 Å². The Morgan fingerprint density at radius 1 is 1.39 bits per heavy atom. The zero-order chi connectivity index (χ0) is 13.0. The Morgan fingerprint density at radius 2 is 2.17 bits per heavy atom. The molecular formula is C14H18N2O2. The maximum absolute atomic E-state index is 11.5. The van der Waals surface area contributed by atoms with Crippen LogP contribution < -0.4 is 5.32 Å². The zero-order valence-electron chi connectivity index (χ0n) is 10.7. The number of rotatable bonds is 5. The summed E-state index contributed by atoms with van der Waals surface area (Å²) >= 11 is 0. The van der Waals surface area contributed by atoms with Gasteiger partial charge in [-0.2, -0.15) is 0 Å². The van der Waals surface area contributed by atoms with Gasteiger partial charge in [-0.05, 0) is 20.0 Å². The zero-order valence-corrected chi connectivity index (χ0v) is 10.7. The van der Waals surface area contributed by atoms with E-state index in [0.717, 1.165) is 22.2 Å². The molecule has 0 unspecified atom stereocenters. The number of fused-ring (bicyclic) bond motifs is 1. The van der Waals surface area contributed by atoms with Crippen LogP contribution in [0.1, 0.15) is 17.7 Å². The van der Waals surface area contributed by atoms with Gasteiger partial charge in [-0.15, -0.1) is 0 Å². The summed E-state index contributed by atoms with van der Waals surface area (Å²) in [5.74, 6) is -0.172. The first-order valence-corrected chi connectivity index (χ1v) is 6.08. The van der Waals surface area contributed by atoms with E-state index in [9.17, 15) is 4.79 Å². The summed E-state index contributed by atoms with van der Waals surface area (Å²) in [6, 6.07) is 8.03. The van der Waals surface area contributed by atoms with Gasteiger partial charge in [0.1, 0.15) is 6.61 Å². The minimum Gasteiger partial charge on any atom is -0.461 e. The van der Waals surface area contributed by atoms with Crippen molar-refractivity contribution in [3.63, 3.8) is 0 Å². The molecule has 4 heteroatoms. The average molecular weight is 246 g/mol. The predicted molar refractivity (Wildman–Crippen MR) is 71.4 cm³/mol. The number of esters is 1. The fraction of sp³-hybridized carbons (Fsp3) is 0.357. The summed E-state index contributed by atoms with van der Waals surface area (Å²) in [5.41, 5.74) is 3.19. The maximum atomic E-state index is 11.5. The molecule has 0 aliphatic heterocycles. The van der Waals surface area contributed by atoms with E-state index in [0.29, 0.717) is 19.6 Å². The molecule has 2 rings (SSSR count). The topological polar surface area (TPSA) is 54.1 Å². The lowest BCUT2D eigenvalue weighted by Gasteiger charge is -2.05. The van der Waals surface area contributed by atoms with Crippen LogP contribution in [0.25, 0.3) is 10.9 Å². The van der Waals surface area contributed by atoms with Gasteiger partial charge in [0, 0.05) is 28.7 Å². The van der Waals surface area contributed by atoms with E-state index in [2.05, 4.69) is 10.3 Å². The first-order valence-electron chi connectivity index (χ1n) is 6.08. The van der Waals surface area contributed by atoms with Gasteiger partial charge < -0.3 is 15.0 Å². The molecule has 0 aliphatic rings. The van der Waals surface area contributed by atoms with Crippen molar-refractivity contribution in [3.8, 4) is 0 Å². The molecular weight excluding hydrogens is 228 g/mol. The summed E-state index contributed by atoms with van der Waals surface area (Å²) in [4.78, 5) is 14.8. The molecule has 0 spiro atoms. The van der Waals surface area contributed by atoms with Crippen molar-refractivity contribution in [3.05, 3.63) is 35.5 Å². The number of aromatic amines is 1. The van der Waals surface area contributed by atoms with Crippen molar-refractivity contribution in [1.82, 2.24) is 10.3 Å². The Kier molecular flexibility index (Phi) is 3.99. The van der Waals surface area contributed by atoms with E-state index >= 15 is 0 Å². The molecule has 2 N–H and O–H groups in total. The van der Waals surface area contributed by atoms with Gasteiger partial charge in [0.25, 0.3) is 0 Å². The number of aromatic nitrogens is 1. The van der Waals surface area contributed by atoms with Crippen LogP contribution in [0, 0.1) is 6.92 Å². The summed E-state index contributed by atoms with van der Waals surface area (Å²) in [7, 11) is 1.82. The Hall–Kier alpha value is -1.81. The molecule has 0 amide bonds. The van der Waals surface area contributed by atoms with Crippen molar-refractivity contribution in [2.45, 2.75) is 20.0 Å². The van der Waals surface area contributed by atoms with Crippen LogP contribution in [-0.2, 0) is 16.1 Å². The summed E-state index contributed by atoms with van der Waals surface area (Å²) < 4.78 is 5.28. The maximum Gasteiger partial charge on any atom is 0.307 e. The SMILES string of the molecule is CNCCC(=O)OCc1c(C)[nH]c2ccccc12. The number of benzene rings is 1. The second-order valence-electron chi connectivity index (χ2n) is 4.29. The van der Waals surface area contributed by atoms with Crippen molar-refractivity contribution >= 4 is 16.9 Å². The predicted octanol–water partition coefficient (Wildman–Crippen LogP) is 2.13. The van der Waals surface area contributed by atoms with Gasteiger partial charge in [0.2, 0.25) is 0 Å². The number of para-hydroxylation sites is 1. The number of H-pyrrole nitrogens is 1. The van der Waals surface area contributed by atoms with Crippen LogP contribution >= 0.6 is 0 Å². The smallest absolute Gasteiger partial charge is 0.307 e. The molecule has 2 aromatic rings. The summed E-state index contributed by atoms with van der Waals surface area (Å²) in [6.07, 6.45) is 0.401. The van der Waals surface area contributed by atoms with Gasteiger partial charge in [0.15, 0.2) is 0 Å². The molecule has 1 heterocycles. The van der Waals surface area contributed by atoms with E-state index in [4.69, 9.17) is 4.74 Å². The van der Waals surface area contributed by atoms with Gasteiger partial charge >= 0.3 is 5.97 Å². The molecule has 4 nitrogen and oxygen atoms in total. The van der Waals surface area contributed by atoms with Crippen molar-refractivity contribution in [2.75, 3.05) is 13.6 Å². The Morgan fingerprint density at radius 3 is 2.94 bits per heavy atom. The number of hydrogen-bond acceptors (Lipinski definition) is 3. The van der Waals surface area contributed by atoms with E-state index in [1.54, 1.807) is 0 Å². The third-order valence-corrected chi connectivity index (χ3v) is 2.98. The number of hydrogen-bond donors (Lipinski definition) is 2. The monoisotopic (exact) mass is 246 g/mol. The van der Waals surface area contributed by atoms with Crippen LogP contribution in [-0.4, -0.2) is 24.5 Å². The minimum atomic E-state index is -0.172. The van der Waals surface area contributed by atoms with Gasteiger partial charge in [-0.3, -0.25) is 4.79 Å².